The molecular weight excluding hydrogens is 319 g/mol. The highest BCUT2D eigenvalue weighted by molar-refractivity contribution is 7.98. The van der Waals surface area contributed by atoms with Gasteiger partial charge in [-0.2, -0.15) is 0 Å². The lowest BCUT2D eigenvalue weighted by atomic mass is 10.3. The van der Waals surface area contributed by atoms with Crippen molar-refractivity contribution in [3.8, 4) is 0 Å². The van der Waals surface area contributed by atoms with E-state index in [1.165, 1.54) is 11.8 Å². The highest BCUT2D eigenvalue weighted by Crippen LogP contribution is 2.24. The van der Waals surface area contributed by atoms with E-state index in [-0.39, 0.29) is 6.61 Å². The minimum atomic E-state index is -0.111. The molecule has 0 aliphatic heterocycles. The average Bonchev–Trinajstić information content (AvgIpc) is 2.78. The second-order valence-electron chi connectivity index (χ2n) is 4.12. The molecule has 0 atom stereocenters. The quantitative estimate of drug-likeness (QED) is 0.650. The molecule has 0 bridgehead atoms. The first-order valence-corrected chi connectivity index (χ1v) is 7.86. The Balaban J connectivity index is 2.12. The fourth-order valence-corrected chi connectivity index (χ4v) is 3.16. The minimum absolute atomic E-state index is 0.111. The number of aromatic nitrogens is 4. The van der Waals surface area contributed by atoms with E-state index in [1.807, 2.05) is 4.57 Å². The van der Waals surface area contributed by atoms with Crippen molar-refractivity contribution in [3.63, 3.8) is 0 Å². The Kier molecular flexibility index (Phi) is 5.65. The van der Waals surface area contributed by atoms with Gasteiger partial charge in [-0.05, 0) is 24.1 Å². The maximum atomic E-state index is 9.24. The molecule has 2 aromatic rings. The minimum Gasteiger partial charge on any atom is -0.388 e. The number of hydrogen-bond acceptors (Lipinski definition) is 5. The van der Waals surface area contributed by atoms with Crippen molar-refractivity contribution in [1.82, 2.24) is 19.7 Å². The third kappa shape index (κ3) is 3.85. The molecule has 8 heteroatoms. The molecule has 0 fully saturated rings. The van der Waals surface area contributed by atoms with Crippen molar-refractivity contribution in [3.05, 3.63) is 33.8 Å². The van der Waals surface area contributed by atoms with Crippen molar-refractivity contribution in [2.75, 3.05) is 0 Å². The van der Waals surface area contributed by atoms with Crippen molar-refractivity contribution in [2.45, 2.75) is 37.4 Å². The molecule has 0 aromatic carbocycles. The predicted molar refractivity (Wildman–Crippen MR) is 80.1 cm³/mol. The first kappa shape index (κ1) is 15.6. The van der Waals surface area contributed by atoms with Crippen LogP contribution in [0.3, 0.4) is 0 Å². The van der Waals surface area contributed by atoms with Crippen LogP contribution in [0.25, 0.3) is 0 Å². The van der Waals surface area contributed by atoms with E-state index in [1.54, 1.807) is 12.1 Å². The number of nitrogens with zero attached hydrogens (tertiary/aromatic N) is 4. The Morgan fingerprint density at radius 2 is 1.95 bits per heavy atom. The number of pyridine rings is 1. The molecule has 20 heavy (non-hydrogen) atoms. The second kappa shape index (κ2) is 7.26. The maximum absolute atomic E-state index is 9.24. The van der Waals surface area contributed by atoms with Gasteiger partial charge in [0, 0.05) is 12.3 Å². The van der Waals surface area contributed by atoms with E-state index >= 15 is 0 Å². The Bertz CT molecular complexity index is 571. The van der Waals surface area contributed by atoms with Gasteiger partial charge in [0.25, 0.3) is 0 Å². The van der Waals surface area contributed by atoms with Crippen LogP contribution in [0.2, 0.25) is 10.3 Å². The highest BCUT2D eigenvalue weighted by atomic mass is 35.5. The number of rotatable bonds is 6. The van der Waals surface area contributed by atoms with Gasteiger partial charge in [0.2, 0.25) is 0 Å². The second-order valence-corrected chi connectivity index (χ2v) is 5.84. The molecule has 0 saturated carbocycles. The molecule has 1 N–H and O–H groups in total. The molecule has 0 aliphatic rings. The zero-order valence-corrected chi connectivity index (χ0v) is 13.2. The topological polar surface area (TPSA) is 63.8 Å². The third-order valence-electron chi connectivity index (χ3n) is 2.57. The zero-order valence-electron chi connectivity index (χ0n) is 10.9. The third-order valence-corrected chi connectivity index (χ3v) is 4.00. The van der Waals surface area contributed by atoms with Gasteiger partial charge in [-0.25, -0.2) is 4.98 Å². The van der Waals surface area contributed by atoms with Crippen molar-refractivity contribution < 1.29 is 5.11 Å². The van der Waals surface area contributed by atoms with Crippen LogP contribution in [0.1, 0.15) is 24.7 Å². The van der Waals surface area contributed by atoms with Gasteiger partial charge < -0.3 is 9.67 Å². The van der Waals surface area contributed by atoms with Gasteiger partial charge in [0.15, 0.2) is 11.0 Å². The largest absolute Gasteiger partial charge is 0.388 e. The summed E-state index contributed by atoms with van der Waals surface area (Å²) in [6.07, 6.45) is 0.950. The van der Waals surface area contributed by atoms with E-state index in [0.29, 0.717) is 21.9 Å². The van der Waals surface area contributed by atoms with Crippen LogP contribution in [0.15, 0.2) is 17.3 Å². The molecular formula is C12H14Cl2N4OS. The van der Waals surface area contributed by atoms with Crippen LogP contribution in [-0.2, 0) is 18.9 Å². The van der Waals surface area contributed by atoms with Crippen LogP contribution >= 0.6 is 35.0 Å². The van der Waals surface area contributed by atoms with Crippen LogP contribution in [0.4, 0.5) is 0 Å². The van der Waals surface area contributed by atoms with Gasteiger partial charge in [-0.1, -0.05) is 41.9 Å². The summed E-state index contributed by atoms with van der Waals surface area (Å²) in [5, 5.41) is 18.8. The number of aliphatic hydroxyl groups excluding tert-OH is 1. The van der Waals surface area contributed by atoms with Crippen LogP contribution in [0.5, 0.6) is 0 Å². The summed E-state index contributed by atoms with van der Waals surface area (Å²) in [5.41, 5.74) is 0.969. The molecule has 2 rings (SSSR count). The predicted octanol–water partition coefficient (Wildman–Crippen LogP) is 3.17. The van der Waals surface area contributed by atoms with Gasteiger partial charge >= 0.3 is 0 Å². The van der Waals surface area contributed by atoms with E-state index in [2.05, 4.69) is 22.1 Å². The summed E-state index contributed by atoms with van der Waals surface area (Å²) in [6.45, 7) is 2.74. The Hall–Kier alpha value is -0.820. The number of hydrogen-bond donors (Lipinski definition) is 1. The number of thioether (sulfide) groups is 1. The van der Waals surface area contributed by atoms with Gasteiger partial charge in [-0.3, -0.25) is 0 Å². The molecule has 0 spiro atoms. The number of aliphatic hydroxyl groups is 1. The summed E-state index contributed by atoms with van der Waals surface area (Å²) >= 11 is 13.3. The first-order chi connectivity index (χ1) is 9.63. The summed E-state index contributed by atoms with van der Waals surface area (Å²) < 4.78 is 1.93. The van der Waals surface area contributed by atoms with Crippen molar-refractivity contribution in [2.24, 2.45) is 0 Å². The van der Waals surface area contributed by atoms with Gasteiger partial charge in [-0.15, -0.1) is 10.2 Å². The molecule has 5 nitrogen and oxygen atoms in total. The molecule has 0 unspecified atom stereocenters. The molecule has 0 saturated heterocycles. The van der Waals surface area contributed by atoms with Crippen LogP contribution in [0, 0.1) is 0 Å². The molecule has 108 valence electrons. The Morgan fingerprint density at radius 1 is 1.25 bits per heavy atom. The summed E-state index contributed by atoms with van der Waals surface area (Å²) in [6, 6.07) is 3.54. The lowest BCUT2D eigenvalue weighted by Gasteiger charge is -2.07. The van der Waals surface area contributed by atoms with E-state index < -0.39 is 0 Å². The molecule has 0 radical (unpaired) electrons. The van der Waals surface area contributed by atoms with E-state index in [4.69, 9.17) is 23.2 Å². The molecule has 2 aromatic heterocycles. The maximum Gasteiger partial charge on any atom is 0.191 e. The summed E-state index contributed by atoms with van der Waals surface area (Å²) in [4.78, 5) is 3.91. The Labute approximate surface area is 131 Å². The van der Waals surface area contributed by atoms with E-state index in [0.717, 1.165) is 23.7 Å². The molecule has 0 aliphatic carbocycles. The first-order valence-electron chi connectivity index (χ1n) is 6.11. The standard InChI is InChI=1S/C12H14Cl2N4OS/c1-2-3-18-11(6-19)16-17-12(18)20-7-8-4-9(13)15-10(14)5-8/h4-5,19H,2-3,6-7H2,1H3. The lowest BCUT2D eigenvalue weighted by molar-refractivity contribution is 0.263. The highest BCUT2D eigenvalue weighted by Gasteiger charge is 2.11. The lowest BCUT2D eigenvalue weighted by Crippen LogP contribution is -2.04. The van der Waals surface area contributed by atoms with Crippen molar-refractivity contribution in [1.29, 1.82) is 0 Å². The van der Waals surface area contributed by atoms with Gasteiger partial charge in [0.1, 0.15) is 16.9 Å². The SMILES string of the molecule is CCCn1c(CO)nnc1SCc1cc(Cl)nc(Cl)c1. The average molecular weight is 333 g/mol. The fourth-order valence-electron chi connectivity index (χ4n) is 1.74. The number of halogens is 2. The Morgan fingerprint density at radius 3 is 2.55 bits per heavy atom. The van der Waals surface area contributed by atoms with Crippen LogP contribution in [-0.4, -0.2) is 24.9 Å². The molecule has 2 heterocycles. The summed E-state index contributed by atoms with van der Waals surface area (Å²) in [7, 11) is 0. The normalized spacial score (nSPS) is 11.0. The summed E-state index contributed by atoms with van der Waals surface area (Å²) in [5.74, 6) is 1.25. The zero-order chi connectivity index (χ0) is 14.5. The van der Waals surface area contributed by atoms with Gasteiger partial charge in [0.05, 0.1) is 0 Å². The monoisotopic (exact) mass is 332 g/mol. The fraction of sp³-hybridized carbons (Fsp3) is 0.417. The van der Waals surface area contributed by atoms with Crippen LogP contribution < -0.4 is 0 Å². The van der Waals surface area contributed by atoms with Crippen molar-refractivity contribution >= 4 is 35.0 Å². The smallest absolute Gasteiger partial charge is 0.191 e. The molecule has 0 amide bonds. The van der Waals surface area contributed by atoms with E-state index in [9.17, 15) is 5.11 Å².